The quantitative estimate of drug-likeness (QED) is 0.288. The number of ether oxygens (including phenoxy) is 2. The number of anilines is 1. The normalized spacial score (nSPS) is 14.1. The van der Waals surface area contributed by atoms with Crippen molar-refractivity contribution in [3.63, 3.8) is 0 Å². The summed E-state index contributed by atoms with van der Waals surface area (Å²) in [6.07, 6.45) is 1.25. The molecule has 5 nitrogen and oxygen atoms in total. The van der Waals surface area contributed by atoms with Gasteiger partial charge in [-0.3, -0.25) is 4.79 Å². The van der Waals surface area contributed by atoms with E-state index in [9.17, 15) is 4.79 Å². The number of benzene rings is 2. The largest absolute Gasteiger partial charge is 0.494 e. The van der Waals surface area contributed by atoms with Gasteiger partial charge < -0.3 is 14.4 Å². The van der Waals surface area contributed by atoms with Crippen LogP contribution in [0.1, 0.15) is 18.4 Å². The SMILES string of the molecule is COc1cccc2sc(N3CC(OC(=O)CCCSc4ccc(C)cc4)C3)nc12. The Morgan fingerprint density at radius 2 is 2.03 bits per heavy atom. The third kappa shape index (κ3) is 4.85. The third-order valence-electron chi connectivity index (χ3n) is 4.82. The Balaban J connectivity index is 1.18. The minimum atomic E-state index is -0.106. The number of hydrogen-bond donors (Lipinski definition) is 0. The number of thioether (sulfide) groups is 1. The van der Waals surface area contributed by atoms with Gasteiger partial charge in [-0.25, -0.2) is 4.98 Å². The van der Waals surface area contributed by atoms with E-state index in [-0.39, 0.29) is 12.1 Å². The summed E-state index contributed by atoms with van der Waals surface area (Å²) >= 11 is 3.42. The first kappa shape index (κ1) is 20.0. The summed E-state index contributed by atoms with van der Waals surface area (Å²) in [6.45, 7) is 3.48. The topological polar surface area (TPSA) is 51.7 Å². The Morgan fingerprint density at radius 1 is 1.24 bits per heavy atom. The number of para-hydroxylation sites is 1. The van der Waals surface area contributed by atoms with Gasteiger partial charge in [0.2, 0.25) is 0 Å². The summed E-state index contributed by atoms with van der Waals surface area (Å²) in [7, 11) is 1.66. The van der Waals surface area contributed by atoms with Gasteiger partial charge in [0.15, 0.2) is 5.13 Å². The van der Waals surface area contributed by atoms with Gasteiger partial charge in [0.05, 0.1) is 24.9 Å². The van der Waals surface area contributed by atoms with E-state index >= 15 is 0 Å². The minimum Gasteiger partial charge on any atom is -0.494 e. The second-order valence-electron chi connectivity index (χ2n) is 7.09. The molecule has 0 aliphatic carbocycles. The van der Waals surface area contributed by atoms with Crippen molar-refractivity contribution in [2.24, 2.45) is 0 Å². The lowest BCUT2D eigenvalue weighted by molar-refractivity contribution is -0.150. The fraction of sp³-hybridized carbons (Fsp3) is 0.364. The molecule has 1 aromatic heterocycles. The molecule has 0 spiro atoms. The maximum atomic E-state index is 12.1. The van der Waals surface area contributed by atoms with Crippen LogP contribution in [0.2, 0.25) is 0 Å². The summed E-state index contributed by atoms with van der Waals surface area (Å²) in [5.41, 5.74) is 2.15. The number of aromatic nitrogens is 1. The van der Waals surface area contributed by atoms with Gasteiger partial charge in [-0.2, -0.15) is 0 Å². The van der Waals surface area contributed by atoms with Gasteiger partial charge in [-0.1, -0.05) is 35.1 Å². The molecule has 2 aromatic carbocycles. The van der Waals surface area contributed by atoms with Gasteiger partial charge in [0.25, 0.3) is 0 Å². The summed E-state index contributed by atoms with van der Waals surface area (Å²) in [6, 6.07) is 14.4. The molecule has 2 heterocycles. The van der Waals surface area contributed by atoms with Gasteiger partial charge in [0, 0.05) is 11.3 Å². The monoisotopic (exact) mass is 428 g/mol. The zero-order chi connectivity index (χ0) is 20.2. The molecule has 1 saturated heterocycles. The molecule has 1 aliphatic heterocycles. The van der Waals surface area contributed by atoms with Crippen LogP contribution in [0.3, 0.4) is 0 Å². The molecule has 0 bridgehead atoms. The van der Waals surface area contributed by atoms with Gasteiger partial charge >= 0.3 is 5.97 Å². The Labute approximate surface area is 179 Å². The van der Waals surface area contributed by atoms with E-state index in [1.54, 1.807) is 30.2 Å². The van der Waals surface area contributed by atoms with Crippen molar-refractivity contribution < 1.29 is 14.3 Å². The van der Waals surface area contributed by atoms with Crippen LogP contribution < -0.4 is 9.64 Å². The van der Waals surface area contributed by atoms with E-state index in [2.05, 4.69) is 36.1 Å². The lowest BCUT2D eigenvalue weighted by atomic mass is 10.2. The Hall–Kier alpha value is -2.25. The van der Waals surface area contributed by atoms with Crippen LogP contribution in [0.4, 0.5) is 5.13 Å². The standard InChI is InChI=1S/C22H24N2O3S2/c1-15-8-10-17(11-9-15)28-12-4-7-20(25)27-16-13-24(14-16)22-23-21-18(26-2)5-3-6-19(21)29-22/h3,5-6,8-11,16H,4,7,12-14H2,1-2H3. The van der Waals surface area contributed by atoms with Crippen molar-refractivity contribution in [2.75, 3.05) is 30.9 Å². The van der Waals surface area contributed by atoms with E-state index in [0.29, 0.717) is 19.5 Å². The summed E-state index contributed by atoms with van der Waals surface area (Å²) in [4.78, 5) is 20.2. The summed E-state index contributed by atoms with van der Waals surface area (Å²) in [5.74, 6) is 1.60. The van der Waals surface area contributed by atoms with Gasteiger partial charge in [-0.05, 0) is 43.4 Å². The molecule has 29 heavy (non-hydrogen) atoms. The van der Waals surface area contributed by atoms with Crippen molar-refractivity contribution in [1.82, 2.24) is 4.98 Å². The second-order valence-corrected chi connectivity index (χ2v) is 9.26. The number of carbonyl (C=O) groups excluding carboxylic acids is 1. The second kappa shape index (κ2) is 9.05. The van der Waals surface area contributed by atoms with Crippen molar-refractivity contribution in [2.45, 2.75) is 30.8 Å². The van der Waals surface area contributed by atoms with Crippen molar-refractivity contribution in [3.05, 3.63) is 48.0 Å². The number of nitrogens with zero attached hydrogens (tertiary/aromatic N) is 2. The average Bonchev–Trinajstić information content (AvgIpc) is 3.12. The first-order chi connectivity index (χ1) is 14.1. The minimum absolute atomic E-state index is 0.0406. The zero-order valence-electron chi connectivity index (χ0n) is 16.6. The van der Waals surface area contributed by atoms with Crippen LogP contribution in [0, 0.1) is 6.92 Å². The van der Waals surface area contributed by atoms with Crippen LogP contribution in [0.5, 0.6) is 5.75 Å². The van der Waals surface area contributed by atoms with Crippen molar-refractivity contribution in [1.29, 1.82) is 0 Å². The van der Waals surface area contributed by atoms with E-state index in [1.807, 2.05) is 18.2 Å². The molecular weight excluding hydrogens is 404 g/mol. The molecule has 1 aliphatic rings. The van der Waals surface area contributed by atoms with Gasteiger partial charge in [0.1, 0.15) is 17.4 Å². The summed E-state index contributed by atoms with van der Waals surface area (Å²) in [5, 5.41) is 0.950. The van der Waals surface area contributed by atoms with Crippen LogP contribution in [0.15, 0.2) is 47.4 Å². The highest BCUT2D eigenvalue weighted by Gasteiger charge is 2.32. The maximum absolute atomic E-state index is 12.1. The molecule has 0 amide bonds. The molecule has 0 unspecified atom stereocenters. The molecule has 7 heteroatoms. The molecule has 1 fully saturated rings. The first-order valence-electron chi connectivity index (χ1n) is 9.70. The number of esters is 1. The molecular formula is C22H24N2O3S2. The van der Waals surface area contributed by atoms with Crippen LogP contribution in [-0.2, 0) is 9.53 Å². The Bertz CT molecular complexity index is 981. The number of carbonyl (C=O) groups is 1. The number of hydrogen-bond acceptors (Lipinski definition) is 7. The van der Waals surface area contributed by atoms with E-state index in [0.717, 1.165) is 33.3 Å². The van der Waals surface area contributed by atoms with Crippen LogP contribution in [0.25, 0.3) is 10.2 Å². The summed E-state index contributed by atoms with van der Waals surface area (Å²) < 4.78 is 12.1. The lowest BCUT2D eigenvalue weighted by Gasteiger charge is -2.38. The third-order valence-corrected chi connectivity index (χ3v) is 7.00. The van der Waals surface area contributed by atoms with Gasteiger partial charge in [-0.15, -0.1) is 11.8 Å². The number of thiazole rings is 1. The fourth-order valence-corrected chi connectivity index (χ4v) is 5.02. The van der Waals surface area contributed by atoms with E-state index < -0.39 is 0 Å². The Kier molecular flexibility index (Phi) is 6.25. The Morgan fingerprint density at radius 3 is 2.79 bits per heavy atom. The molecule has 0 atom stereocenters. The lowest BCUT2D eigenvalue weighted by Crippen LogP contribution is -2.53. The van der Waals surface area contributed by atoms with Crippen molar-refractivity contribution >= 4 is 44.4 Å². The fourth-order valence-electron chi connectivity index (χ4n) is 3.17. The molecule has 3 aromatic rings. The molecule has 152 valence electrons. The molecule has 0 N–H and O–H groups in total. The highest BCUT2D eigenvalue weighted by atomic mass is 32.2. The predicted octanol–water partition coefficient (Wildman–Crippen LogP) is 4.92. The first-order valence-corrected chi connectivity index (χ1v) is 11.5. The average molecular weight is 429 g/mol. The number of aryl methyl sites for hydroxylation is 1. The molecule has 0 saturated carbocycles. The number of rotatable bonds is 8. The smallest absolute Gasteiger partial charge is 0.306 e. The zero-order valence-corrected chi connectivity index (χ0v) is 18.2. The highest BCUT2D eigenvalue weighted by Crippen LogP contribution is 2.36. The van der Waals surface area contributed by atoms with Crippen LogP contribution in [-0.4, -0.2) is 43.0 Å². The number of fused-ring (bicyclic) bond motifs is 1. The molecule has 4 rings (SSSR count). The van der Waals surface area contributed by atoms with Crippen molar-refractivity contribution in [3.8, 4) is 5.75 Å². The molecule has 0 radical (unpaired) electrons. The number of methoxy groups -OCH3 is 1. The maximum Gasteiger partial charge on any atom is 0.306 e. The predicted molar refractivity (Wildman–Crippen MR) is 119 cm³/mol. The van der Waals surface area contributed by atoms with E-state index in [4.69, 9.17) is 14.5 Å². The van der Waals surface area contributed by atoms with Crippen LogP contribution >= 0.6 is 23.1 Å². The highest BCUT2D eigenvalue weighted by molar-refractivity contribution is 7.99. The van der Waals surface area contributed by atoms with E-state index in [1.165, 1.54) is 10.5 Å².